The molecule has 1 heterocycles. The van der Waals surface area contributed by atoms with E-state index >= 15 is 0 Å². The minimum Gasteiger partial charge on any atom is -0.0957 e. The second-order valence-corrected chi connectivity index (χ2v) is 5.40. The van der Waals surface area contributed by atoms with E-state index in [2.05, 4.69) is 16.7 Å². The molecule has 0 unspecified atom stereocenters. The summed E-state index contributed by atoms with van der Waals surface area (Å²) < 4.78 is 0. The van der Waals surface area contributed by atoms with Crippen LogP contribution >= 0.6 is 0 Å². The minimum atomic E-state index is 1.02. The lowest BCUT2D eigenvalue weighted by molar-refractivity contribution is 2.47. The largest absolute Gasteiger partial charge is 0.0957 e. The highest BCUT2D eigenvalue weighted by Gasteiger charge is 1.68. The van der Waals surface area contributed by atoms with Crippen LogP contribution in [0.3, 0.4) is 0 Å². The van der Waals surface area contributed by atoms with Crippen LogP contribution in [0.1, 0.15) is 0 Å². The lowest BCUT2D eigenvalue weighted by atomic mass is 11.2. The van der Waals surface area contributed by atoms with E-state index in [1.165, 1.54) is 0 Å². The molecular weight excluding hydrogens is 120 g/mol. The zero-order valence-electron chi connectivity index (χ0n) is 3.23. The Morgan fingerprint density at radius 3 is 2.17 bits per heavy atom. The molecule has 0 N–H and O–H groups in total. The van der Waals surface area contributed by atoms with Gasteiger partial charge in [0.15, 0.2) is 0 Å². The summed E-state index contributed by atoms with van der Waals surface area (Å²) >= 11 is 0. The predicted octanol–water partition coefficient (Wildman–Crippen LogP) is -0.742. The van der Waals surface area contributed by atoms with Crippen molar-refractivity contribution < 1.29 is 0 Å². The smallest absolute Gasteiger partial charge is 0.0449 e. The molecular formula is C3H3Si3. The van der Waals surface area contributed by atoms with Gasteiger partial charge in [-0.05, 0) is 0 Å². The summed E-state index contributed by atoms with van der Waals surface area (Å²) in [5, 5.41) is 2.37. The fraction of sp³-hybridized carbons (Fsp3) is 0. The van der Waals surface area contributed by atoms with Gasteiger partial charge in [0, 0.05) is 26.4 Å². The molecule has 3 heteroatoms. The zero-order valence-corrected chi connectivity index (χ0v) is 6.23. The SMILES string of the molecule is C1=C[Si]=[Si]C=[Si]1. The summed E-state index contributed by atoms with van der Waals surface area (Å²) in [6.45, 7) is 0. The van der Waals surface area contributed by atoms with Gasteiger partial charge in [-0.15, -0.1) is 0 Å². The maximum absolute atomic E-state index is 2.37. The highest BCUT2D eigenvalue weighted by atomic mass is 28.9. The Morgan fingerprint density at radius 1 is 1.00 bits per heavy atom. The van der Waals surface area contributed by atoms with Crippen LogP contribution in [0, 0.1) is 0 Å². The molecule has 0 amide bonds. The lowest BCUT2D eigenvalue weighted by Crippen LogP contribution is -1.93. The van der Waals surface area contributed by atoms with Crippen molar-refractivity contribution >= 4 is 31.7 Å². The highest BCUT2D eigenvalue weighted by molar-refractivity contribution is 7.01. The molecule has 0 aliphatic carbocycles. The van der Waals surface area contributed by atoms with Gasteiger partial charge >= 0.3 is 0 Å². The molecule has 0 saturated carbocycles. The normalized spacial score (nSPS) is 16.0. The lowest BCUT2D eigenvalue weighted by Gasteiger charge is -1.74. The average molecular weight is 123 g/mol. The third-order valence-corrected chi connectivity index (χ3v) is 5.24. The Morgan fingerprint density at radius 2 is 2.00 bits per heavy atom. The van der Waals surface area contributed by atoms with Crippen molar-refractivity contribution in [2.75, 3.05) is 0 Å². The molecule has 0 nitrogen and oxygen atoms in total. The monoisotopic (exact) mass is 123 g/mol. The van der Waals surface area contributed by atoms with Crippen molar-refractivity contribution in [3.05, 3.63) is 11.4 Å². The van der Waals surface area contributed by atoms with E-state index in [0.717, 1.165) is 26.4 Å². The van der Waals surface area contributed by atoms with Gasteiger partial charge in [-0.1, -0.05) is 16.7 Å². The third-order valence-electron chi connectivity index (χ3n) is 0.502. The van der Waals surface area contributed by atoms with Crippen molar-refractivity contribution in [3.63, 3.8) is 0 Å². The molecule has 0 aromatic heterocycles. The molecule has 0 bridgehead atoms. The molecule has 1 aliphatic heterocycles. The van der Waals surface area contributed by atoms with Crippen molar-refractivity contribution in [1.82, 2.24) is 0 Å². The second kappa shape index (κ2) is 2.44. The number of hydrogen-bond acceptors (Lipinski definition) is 0. The number of rotatable bonds is 0. The molecule has 0 fully saturated rings. The van der Waals surface area contributed by atoms with Crippen LogP contribution in [-0.2, 0) is 0 Å². The van der Waals surface area contributed by atoms with E-state index < -0.39 is 0 Å². The molecule has 1 aliphatic rings. The van der Waals surface area contributed by atoms with E-state index in [9.17, 15) is 0 Å². The Kier molecular flexibility index (Phi) is 1.79. The zero-order chi connectivity index (χ0) is 4.24. The van der Waals surface area contributed by atoms with Gasteiger partial charge in [-0.25, -0.2) is 0 Å². The Hall–Kier alpha value is 0.261. The second-order valence-electron chi connectivity index (χ2n) is 0.933. The van der Waals surface area contributed by atoms with Crippen LogP contribution in [0.5, 0.6) is 0 Å². The van der Waals surface area contributed by atoms with Crippen LogP contribution in [0.2, 0.25) is 0 Å². The summed E-state index contributed by atoms with van der Waals surface area (Å²) in [7, 11) is 3.25. The first-order chi connectivity index (χ1) is 3.00. The molecule has 0 saturated heterocycles. The van der Waals surface area contributed by atoms with E-state index in [1.54, 1.807) is 0 Å². The quantitative estimate of drug-likeness (QED) is 0.372. The van der Waals surface area contributed by atoms with Gasteiger partial charge in [0.2, 0.25) is 0 Å². The molecule has 0 aromatic rings. The number of hydrogen-bond donors (Lipinski definition) is 0. The summed E-state index contributed by atoms with van der Waals surface area (Å²) in [6, 6.07) is 0. The van der Waals surface area contributed by atoms with Crippen LogP contribution in [0.15, 0.2) is 11.4 Å². The van der Waals surface area contributed by atoms with E-state index in [-0.39, 0.29) is 0 Å². The summed E-state index contributed by atoms with van der Waals surface area (Å²) in [5.74, 6) is 0. The first-order valence-electron chi connectivity index (χ1n) is 1.74. The van der Waals surface area contributed by atoms with Gasteiger partial charge < -0.3 is 0 Å². The predicted molar refractivity (Wildman–Crippen MR) is 32.5 cm³/mol. The summed E-state index contributed by atoms with van der Waals surface area (Å²) in [4.78, 5) is 0. The van der Waals surface area contributed by atoms with Crippen molar-refractivity contribution in [2.45, 2.75) is 0 Å². The fourth-order valence-electron chi connectivity index (χ4n) is 0.269. The van der Waals surface area contributed by atoms with Gasteiger partial charge in [-0.2, -0.15) is 0 Å². The molecule has 0 atom stereocenters. The topological polar surface area (TPSA) is 0 Å². The third kappa shape index (κ3) is 1.16. The summed E-state index contributed by atoms with van der Waals surface area (Å²) in [6.07, 6.45) is 0. The molecule has 1 rings (SSSR count). The molecule has 27 valence electrons. The Bertz CT molecular complexity index is 75.4. The van der Waals surface area contributed by atoms with Crippen LogP contribution < -0.4 is 0 Å². The molecule has 0 spiro atoms. The fourth-order valence-corrected chi connectivity index (χ4v) is 4.67. The Labute approximate surface area is 43.7 Å². The first kappa shape index (κ1) is 4.42. The van der Waals surface area contributed by atoms with E-state index in [0.29, 0.717) is 0 Å². The molecule has 3 radical (unpaired) electrons. The first-order valence-corrected chi connectivity index (χ1v) is 6.05. The van der Waals surface area contributed by atoms with Gasteiger partial charge in [0.25, 0.3) is 0 Å². The van der Waals surface area contributed by atoms with Gasteiger partial charge in [-0.3, -0.25) is 0 Å². The van der Waals surface area contributed by atoms with Crippen molar-refractivity contribution in [3.8, 4) is 0 Å². The van der Waals surface area contributed by atoms with E-state index in [1.807, 2.05) is 0 Å². The standard InChI is InChI=1S/C3H3Si3/c1-2-5-6-3-4-1/h1-3H. The molecule has 0 aromatic carbocycles. The maximum atomic E-state index is 2.37. The van der Waals surface area contributed by atoms with Crippen molar-refractivity contribution in [2.24, 2.45) is 0 Å². The summed E-state index contributed by atoms with van der Waals surface area (Å²) in [5.41, 5.74) is 4.55. The maximum Gasteiger partial charge on any atom is 0.0449 e. The average Bonchev–Trinajstić information content (AvgIpc) is 1.72. The minimum absolute atomic E-state index is 1.02. The van der Waals surface area contributed by atoms with Crippen LogP contribution in [0.4, 0.5) is 0 Å². The van der Waals surface area contributed by atoms with Gasteiger partial charge in [0.1, 0.15) is 0 Å². The Balaban J connectivity index is 2.77. The highest BCUT2D eigenvalue weighted by Crippen LogP contribution is 1.58. The van der Waals surface area contributed by atoms with Crippen LogP contribution in [-0.4, -0.2) is 31.7 Å². The van der Waals surface area contributed by atoms with E-state index in [4.69, 9.17) is 0 Å². The van der Waals surface area contributed by atoms with Crippen molar-refractivity contribution in [1.29, 1.82) is 0 Å². The molecule has 6 heavy (non-hydrogen) atoms. The van der Waals surface area contributed by atoms with Gasteiger partial charge in [0.05, 0.1) is 0 Å². The van der Waals surface area contributed by atoms with Crippen LogP contribution in [0.25, 0.3) is 0 Å².